The molecule has 1 atom stereocenters. The fraction of sp³-hybridized carbons (Fsp3) is 0.250. The van der Waals surface area contributed by atoms with Gasteiger partial charge in [-0.05, 0) is 30.2 Å². The van der Waals surface area contributed by atoms with Gasteiger partial charge in [-0.25, -0.2) is 4.39 Å². The average Bonchev–Trinajstić information content (AvgIpc) is 2.61. The highest BCUT2D eigenvalue weighted by molar-refractivity contribution is 5.84. The van der Waals surface area contributed by atoms with E-state index in [9.17, 15) is 9.18 Å². The number of nitrogens with two attached hydrogens (primary N) is 1. The van der Waals surface area contributed by atoms with Crippen LogP contribution in [0, 0.1) is 11.7 Å². The Morgan fingerprint density at radius 3 is 3.00 bits per heavy atom. The summed E-state index contributed by atoms with van der Waals surface area (Å²) in [6.45, 7) is 1.76. The first-order chi connectivity index (χ1) is 7.58. The average molecular weight is 220 g/mol. The predicted molar refractivity (Wildman–Crippen MR) is 60.3 cm³/mol. The number of aromatic nitrogens is 1. The highest BCUT2D eigenvalue weighted by atomic mass is 19.1. The molecule has 1 heterocycles. The molecule has 0 aliphatic rings. The monoisotopic (exact) mass is 220 g/mol. The summed E-state index contributed by atoms with van der Waals surface area (Å²) in [4.78, 5) is 14.0. The third kappa shape index (κ3) is 1.91. The number of hydrogen-bond donors (Lipinski definition) is 2. The number of primary amides is 1. The molecule has 0 saturated heterocycles. The number of amides is 1. The van der Waals surface area contributed by atoms with Gasteiger partial charge in [0, 0.05) is 23.0 Å². The van der Waals surface area contributed by atoms with Gasteiger partial charge in [-0.3, -0.25) is 4.79 Å². The molecule has 2 aromatic rings. The van der Waals surface area contributed by atoms with Crippen LogP contribution in [0.4, 0.5) is 4.39 Å². The molecule has 4 heteroatoms. The van der Waals surface area contributed by atoms with Gasteiger partial charge in [-0.2, -0.15) is 0 Å². The van der Waals surface area contributed by atoms with Crippen molar-refractivity contribution < 1.29 is 9.18 Å². The summed E-state index contributed by atoms with van der Waals surface area (Å²) in [5.41, 5.74) is 6.99. The van der Waals surface area contributed by atoms with Crippen molar-refractivity contribution in [2.45, 2.75) is 13.3 Å². The van der Waals surface area contributed by atoms with E-state index >= 15 is 0 Å². The summed E-state index contributed by atoms with van der Waals surface area (Å²) in [6, 6.07) is 4.55. The topological polar surface area (TPSA) is 58.9 Å². The van der Waals surface area contributed by atoms with Crippen molar-refractivity contribution in [2.24, 2.45) is 11.7 Å². The van der Waals surface area contributed by atoms with E-state index in [-0.39, 0.29) is 17.6 Å². The van der Waals surface area contributed by atoms with Gasteiger partial charge >= 0.3 is 0 Å². The molecule has 0 unspecified atom stereocenters. The lowest BCUT2D eigenvalue weighted by Gasteiger charge is -2.05. The number of hydrogen-bond acceptors (Lipinski definition) is 1. The normalized spacial score (nSPS) is 12.9. The minimum Gasteiger partial charge on any atom is -0.369 e. The number of carbonyl (C=O) groups is 1. The Morgan fingerprint density at radius 1 is 1.56 bits per heavy atom. The van der Waals surface area contributed by atoms with Crippen molar-refractivity contribution in [3.05, 3.63) is 35.8 Å². The van der Waals surface area contributed by atoms with Crippen LogP contribution in [0.25, 0.3) is 10.9 Å². The predicted octanol–water partition coefficient (Wildman–Crippen LogP) is 1.97. The van der Waals surface area contributed by atoms with E-state index in [1.165, 1.54) is 12.1 Å². The number of H-pyrrole nitrogens is 1. The van der Waals surface area contributed by atoms with E-state index in [0.717, 1.165) is 16.5 Å². The number of fused-ring (bicyclic) bond motifs is 1. The number of halogens is 1. The fourth-order valence-corrected chi connectivity index (χ4v) is 1.75. The summed E-state index contributed by atoms with van der Waals surface area (Å²) in [7, 11) is 0. The quantitative estimate of drug-likeness (QED) is 0.816. The minimum absolute atomic E-state index is 0.248. The van der Waals surface area contributed by atoms with Gasteiger partial charge in [0.15, 0.2) is 0 Å². The van der Waals surface area contributed by atoms with Crippen LogP contribution in [0.15, 0.2) is 24.4 Å². The largest absolute Gasteiger partial charge is 0.369 e. The van der Waals surface area contributed by atoms with Crippen LogP contribution in [0.2, 0.25) is 0 Å². The molecule has 0 aliphatic heterocycles. The molecule has 1 amide bonds. The van der Waals surface area contributed by atoms with Crippen molar-refractivity contribution in [3.8, 4) is 0 Å². The molecule has 0 radical (unpaired) electrons. The third-order valence-electron chi connectivity index (χ3n) is 2.74. The van der Waals surface area contributed by atoms with Crippen LogP contribution in [0.5, 0.6) is 0 Å². The fourth-order valence-electron chi connectivity index (χ4n) is 1.75. The number of benzene rings is 1. The van der Waals surface area contributed by atoms with Gasteiger partial charge in [0.05, 0.1) is 0 Å². The lowest BCUT2D eigenvalue weighted by atomic mass is 10.0. The second-order valence-corrected chi connectivity index (χ2v) is 4.01. The summed E-state index contributed by atoms with van der Waals surface area (Å²) in [6.07, 6.45) is 2.32. The van der Waals surface area contributed by atoms with E-state index in [0.29, 0.717) is 6.42 Å². The van der Waals surface area contributed by atoms with Crippen molar-refractivity contribution in [2.75, 3.05) is 0 Å². The Bertz CT molecular complexity index is 533. The van der Waals surface area contributed by atoms with Crippen LogP contribution < -0.4 is 5.73 Å². The maximum atomic E-state index is 13.1. The number of nitrogens with one attached hydrogen (secondary N) is 1. The number of carbonyl (C=O) groups excluding carboxylic acids is 1. The van der Waals surface area contributed by atoms with Crippen LogP contribution >= 0.6 is 0 Å². The Kier molecular flexibility index (Phi) is 2.64. The van der Waals surface area contributed by atoms with Crippen LogP contribution in [0.1, 0.15) is 12.5 Å². The van der Waals surface area contributed by atoms with Crippen LogP contribution in [0.3, 0.4) is 0 Å². The van der Waals surface area contributed by atoms with Crippen LogP contribution in [-0.2, 0) is 11.2 Å². The summed E-state index contributed by atoms with van der Waals surface area (Å²) < 4.78 is 13.1. The molecule has 16 heavy (non-hydrogen) atoms. The molecule has 0 fully saturated rings. The molecular weight excluding hydrogens is 207 g/mol. The Hall–Kier alpha value is -1.84. The molecule has 0 bridgehead atoms. The maximum absolute atomic E-state index is 13.1. The number of aromatic amines is 1. The van der Waals surface area contributed by atoms with E-state index in [2.05, 4.69) is 4.98 Å². The Labute approximate surface area is 92.4 Å². The highest BCUT2D eigenvalue weighted by Gasteiger charge is 2.12. The molecular formula is C12H13FN2O. The van der Waals surface area contributed by atoms with E-state index in [1.54, 1.807) is 19.2 Å². The third-order valence-corrected chi connectivity index (χ3v) is 2.74. The zero-order chi connectivity index (χ0) is 11.7. The zero-order valence-electron chi connectivity index (χ0n) is 8.96. The lowest BCUT2D eigenvalue weighted by Crippen LogP contribution is -2.22. The first-order valence-corrected chi connectivity index (χ1v) is 5.12. The summed E-state index contributed by atoms with van der Waals surface area (Å²) >= 11 is 0. The SMILES string of the molecule is C[C@@H](Cc1c[nH]c2ccc(F)cc12)C(N)=O. The van der Waals surface area contributed by atoms with Gasteiger partial charge in [0.1, 0.15) is 5.82 Å². The summed E-state index contributed by atoms with van der Waals surface area (Å²) in [5.74, 6) is -0.868. The Morgan fingerprint density at radius 2 is 2.31 bits per heavy atom. The molecule has 3 N–H and O–H groups in total. The molecule has 84 valence electrons. The molecule has 0 aliphatic carbocycles. The van der Waals surface area contributed by atoms with E-state index in [1.807, 2.05) is 0 Å². The molecule has 0 saturated carbocycles. The molecule has 1 aromatic carbocycles. The van der Waals surface area contributed by atoms with Crippen LogP contribution in [-0.4, -0.2) is 10.9 Å². The first kappa shape index (κ1) is 10.7. The second-order valence-electron chi connectivity index (χ2n) is 4.01. The smallest absolute Gasteiger partial charge is 0.220 e. The maximum Gasteiger partial charge on any atom is 0.220 e. The van der Waals surface area contributed by atoms with E-state index in [4.69, 9.17) is 5.73 Å². The molecule has 1 aromatic heterocycles. The van der Waals surface area contributed by atoms with Gasteiger partial charge in [0.2, 0.25) is 5.91 Å². The minimum atomic E-state index is -0.342. The zero-order valence-corrected chi connectivity index (χ0v) is 8.96. The molecule has 0 spiro atoms. The van der Waals surface area contributed by atoms with Gasteiger partial charge in [-0.15, -0.1) is 0 Å². The van der Waals surface area contributed by atoms with Crippen molar-refractivity contribution in [3.63, 3.8) is 0 Å². The van der Waals surface area contributed by atoms with Gasteiger partial charge < -0.3 is 10.7 Å². The molecule has 2 rings (SSSR count). The molecule has 3 nitrogen and oxygen atoms in total. The lowest BCUT2D eigenvalue weighted by molar-refractivity contribution is -0.121. The summed E-state index contributed by atoms with van der Waals surface area (Å²) in [5, 5.41) is 0.813. The first-order valence-electron chi connectivity index (χ1n) is 5.12. The Balaban J connectivity index is 2.37. The van der Waals surface area contributed by atoms with Gasteiger partial charge in [-0.1, -0.05) is 6.92 Å². The van der Waals surface area contributed by atoms with Gasteiger partial charge in [0.25, 0.3) is 0 Å². The standard InChI is InChI=1S/C12H13FN2O/c1-7(12(14)16)4-8-6-15-11-3-2-9(13)5-10(8)11/h2-3,5-7,15H,4H2,1H3,(H2,14,16)/t7-/m0/s1. The number of rotatable bonds is 3. The van der Waals surface area contributed by atoms with Crippen molar-refractivity contribution >= 4 is 16.8 Å². The second kappa shape index (κ2) is 3.96. The highest BCUT2D eigenvalue weighted by Crippen LogP contribution is 2.21. The van der Waals surface area contributed by atoms with Crippen molar-refractivity contribution in [1.29, 1.82) is 0 Å². The van der Waals surface area contributed by atoms with E-state index < -0.39 is 0 Å². The van der Waals surface area contributed by atoms with Crippen molar-refractivity contribution in [1.82, 2.24) is 4.98 Å².